The van der Waals surface area contributed by atoms with Crippen LogP contribution in [-0.2, 0) is 4.79 Å². The van der Waals surface area contributed by atoms with Gasteiger partial charge in [0.2, 0.25) is 5.91 Å². The molecule has 3 nitrogen and oxygen atoms in total. The van der Waals surface area contributed by atoms with Gasteiger partial charge in [0.25, 0.3) is 0 Å². The zero-order chi connectivity index (χ0) is 11.1. The van der Waals surface area contributed by atoms with Gasteiger partial charge in [-0.05, 0) is 40.9 Å². The minimum atomic E-state index is 0.101. The van der Waals surface area contributed by atoms with Crippen molar-refractivity contribution in [3.63, 3.8) is 0 Å². The number of likely N-dealkylation sites (N-methyl/N-ethyl adjacent to an activating group) is 2. The van der Waals surface area contributed by atoms with Crippen molar-refractivity contribution in [1.29, 1.82) is 0 Å². The lowest BCUT2D eigenvalue weighted by Crippen LogP contribution is -2.42. The summed E-state index contributed by atoms with van der Waals surface area (Å²) >= 11 is 0. The molecule has 0 saturated heterocycles. The Morgan fingerprint density at radius 3 is 2.36 bits per heavy atom. The Hall–Kier alpha value is -0.830. The maximum absolute atomic E-state index is 11.6. The van der Waals surface area contributed by atoms with E-state index in [9.17, 15) is 4.79 Å². The van der Waals surface area contributed by atoms with Gasteiger partial charge in [0.1, 0.15) is 0 Å². The molecule has 0 aromatic heterocycles. The molecule has 14 heavy (non-hydrogen) atoms. The van der Waals surface area contributed by atoms with Gasteiger partial charge in [-0.25, -0.2) is 0 Å². The molecular formula is C11H22N2O. The Morgan fingerprint density at radius 2 is 2.00 bits per heavy atom. The van der Waals surface area contributed by atoms with Gasteiger partial charge in [0.05, 0.1) is 0 Å². The summed E-state index contributed by atoms with van der Waals surface area (Å²) < 4.78 is 0. The molecule has 0 bridgehead atoms. The quantitative estimate of drug-likeness (QED) is 0.623. The molecule has 82 valence electrons. The highest BCUT2D eigenvalue weighted by Gasteiger charge is 2.16. The highest BCUT2D eigenvalue weighted by molar-refractivity contribution is 5.87. The summed E-state index contributed by atoms with van der Waals surface area (Å²) in [6, 6.07) is 0.263. The van der Waals surface area contributed by atoms with E-state index in [0.717, 1.165) is 13.1 Å². The lowest BCUT2D eigenvalue weighted by Gasteiger charge is -2.29. The van der Waals surface area contributed by atoms with Gasteiger partial charge in [-0.2, -0.15) is 0 Å². The molecule has 0 aromatic carbocycles. The van der Waals surface area contributed by atoms with E-state index < -0.39 is 0 Å². The first-order chi connectivity index (χ1) is 6.52. The zero-order valence-electron chi connectivity index (χ0n) is 9.95. The second-order valence-corrected chi connectivity index (χ2v) is 3.74. The summed E-state index contributed by atoms with van der Waals surface area (Å²) in [6.45, 7) is 7.61. The van der Waals surface area contributed by atoms with Crippen molar-refractivity contribution < 1.29 is 4.79 Å². The standard InChI is InChI=1S/C11H22N2O/c1-6-8-11(14)13(7-2)10(3)9-12(4)5/h6,8,10H,7,9H2,1-5H3/b8-6+. The third kappa shape index (κ3) is 4.42. The van der Waals surface area contributed by atoms with Crippen molar-refractivity contribution in [2.75, 3.05) is 27.2 Å². The van der Waals surface area contributed by atoms with E-state index in [4.69, 9.17) is 0 Å². The van der Waals surface area contributed by atoms with Crippen LogP contribution in [0.25, 0.3) is 0 Å². The molecule has 0 fully saturated rings. The van der Waals surface area contributed by atoms with Gasteiger partial charge in [0, 0.05) is 19.1 Å². The molecule has 0 N–H and O–H groups in total. The highest BCUT2D eigenvalue weighted by Crippen LogP contribution is 2.01. The second kappa shape index (κ2) is 6.60. The average molecular weight is 198 g/mol. The summed E-state index contributed by atoms with van der Waals surface area (Å²) in [6.07, 6.45) is 3.41. The van der Waals surface area contributed by atoms with E-state index in [1.807, 2.05) is 32.8 Å². The summed E-state index contributed by atoms with van der Waals surface area (Å²) in [4.78, 5) is 15.6. The van der Waals surface area contributed by atoms with Crippen molar-refractivity contribution in [2.45, 2.75) is 26.8 Å². The van der Waals surface area contributed by atoms with E-state index >= 15 is 0 Å². The van der Waals surface area contributed by atoms with Crippen LogP contribution in [0.3, 0.4) is 0 Å². The van der Waals surface area contributed by atoms with Gasteiger partial charge in [-0.1, -0.05) is 6.08 Å². The predicted octanol–water partition coefficient (Wildman–Crippen LogP) is 1.36. The molecule has 0 aliphatic heterocycles. The van der Waals surface area contributed by atoms with E-state index in [1.54, 1.807) is 12.2 Å². The molecule has 0 aliphatic rings. The number of rotatable bonds is 5. The summed E-state index contributed by atoms with van der Waals surface area (Å²) in [5, 5.41) is 0. The SMILES string of the molecule is C/C=C/C(=O)N(CC)C(C)CN(C)C. The van der Waals surface area contributed by atoms with Crippen LogP contribution in [0, 0.1) is 0 Å². The van der Waals surface area contributed by atoms with Crippen LogP contribution in [0.15, 0.2) is 12.2 Å². The maximum Gasteiger partial charge on any atom is 0.246 e. The lowest BCUT2D eigenvalue weighted by molar-refractivity contribution is -0.127. The van der Waals surface area contributed by atoms with Gasteiger partial charge in [-0.3, -0.25) is 4.79 Å². The smallest absolute Gasteiger partial charge is 0.246 e. The van der Waals surface area contributed by atoms with Crippen LogP contribution in [0.5, 0.6) is 0 Å². The molecule has 0 saturated carbocycles. The molecule has 0 rings (SSSR count). The van der Waals surface area contributed by atoms with Crippen LogP contribution in [0.1, 0.15) is 20.8 Å². The molecule has 0 aromatic rings. The van der Waals surface area contributed by atoms with Crippen LogP contribution in [0.2, 0.25) is 0 Å². The molecular weight excluding hydrogens is 176 g/mol. The molecule has 1 atom stereocenters. The zero-order valence-corrected chi connectivity index (χ0v) is 9.95. The third-order valence-corrected chi connectivity index (χ3v) is 2.09. The Bertz CT molecular complexity index is 199. The first-order valence-electron chi connectivity index (χ1n) is 5.10. The Labute approximate surface area is 87.4 Å². The molecule has 1 unspecified atom stereocenters. The summed E-state index contributed by atoms with van der Waals surface area (Å²) in [7, 11) is 4.04. The Kier molecular flexibility index (Phi) is 6.21. The van der Waals surface area contributed by atoms with Crippen LogP contribution >= 0.6 is 0 Å². The van der Waals surface area contributed by atoms with E-state index in [0.29, 0.717) is 0 Å². The largest absolute Gasteiger partial charge is 0.335 e. The fourth-order valence-electron chi connectivity index (χ4n) is 1.55. The van der Waals surface area contributed by atoms with Crippen molar-refractivity contribution in [2.24, 2.45) is 0 Å². The van der Waals surface area contributed by atoms with E-state index in [-0.39, 0.29) is 11.9 Å². The number of carbonyl (C=O) groups is 1. The van der Waals surface area contributed by atoms with Gasteiger partial charge in [-0.15, -0.1) is 0 Å². The number of amides is 1. The molecule has 0 aliphatic carbocycles. The second-order valence-electron chi connectivity index (χ2n) is 3.74. The molecule has 0 heterocycles. The molecule has 3 heteroatoms. The topological polar surface area (TPSA) is 23.6 Å². The van der Waals surface area contributed by atoms with Crippen molar-refractivity contribution >= 4 is 5.91 Å². The number of carbonyl (C=O) groups excluding carboxylic acids is 1. The van der Waals surface area contributed by atoms with Crippen molar-refractivity contribution in [3.8, 4) is 0 Å². The molecule has 0 spiro atoms. The number of nitrogens with zero attached hydrogens (tertiary/aromatic N) is 2. The average Bonchev–Trinajstić information content (AvgIpc) is 2.04. The van der Waals surface area contributed by atoms with Gasteiger partial charge in [0.15, 0.2) is 0 Å². The Morgan fingerprint density at radius 1 is 1.43 bits per heavy atom. The summed E-state index contributed by atoms with van der Waals surface area (Å²) in [5.41, 5.74) is 0. The minimum absolute atomic E-state index is 0.101. The first kappa shape index (κ1) is 13.2. The van der Waals surface area contributed by atoms with Crippen LogP contribution < -0.4 is 0 Å². The minimum Gasteiger partial charge on any atom is -0.335 e. The van der Waals surface area contributed by atoms with Crippen LogP contribution in [-0.4, -0.2) is 48.9 Å². The predicted molar refractivity (Wildman–Crippen MR) is 60.2 cm³/mol. The fourth-order valence-corrected chi connectivity index (χ4v) is 1.55. The van der Waals surface area contributed by atoms with Gasteiger partial charge >= 0.3 is 0 Å². The van der Waals surface area contributed by atoms with E-state index in [1.165, 1.54) is 0 Å². The first-order valence-corrected chi connectivity index (χ1v) is 5.10. The number of hydrogen-bond donors (Lipinski definition) is 0. The molecule has 0 radical (unpaired) electrons. The fraction of sp³-hybridized carbons (Fsp3) is 0.727. The third-order valence-electron chi connectivity index (χ3n) is 2.09. The van der Waals surface area contributed by atoms with Crippen molar-refractivity contribution in [3.05, 3.63) is 12.2 Å². The van der Waals surface area contributed by atoms with Crippen molar-refractivity contribution in [1.82, 2.24) is 9.80 Å². The highest BCUT2D eigenvalue weighted by atomic mass is 16.2. The monoisotopic (exact) mass is 198 g/mol. The van der Waals surface area contributed by atoms with Gasteiger partial charge < -0.3 is 9.80 Å². The summed E-state index contributed by atoms with van der Waals surface area (Å²) in [5.74, 6) is 0.101. The maximum atomic E-state index is 11.6. The normalized spacial score (nSPS) is 13.6. The van der Waals surface area contributed by atoms with E-state index in [2.05, 4.69) is 11.8 Å². The number of hydrogen-bond acceptors (Lipinski definition) is 2. The number of allylic oxidation sites excluding steroid dienone is 1. The lowest BCUT2D eigenvalue weighted by atomic mass is 10.2. The Balaban J connectivity index is 4.31. The molecule has 1 amide bonds. The van der Waals surface area contributed by atoms with Crippen LogP contribution in [0.4, 0.5) is 0 Å².